The molecule has 4 rings (SSSR count). The lowest BCUT2D eigenvalue weighted by Crippen LogP contribution is -2.62. The number of sulfonamides is 1. The average Bonchev–Trinajstić information content (AvgIpc) is 3.87. The summed E-state index contributed by atoms with van der Waals surface area (Å²) in [6, 6.07) is -4.00. The summed E-state index contributed by atoms with van der Waals surface area (Å²) in [5, 5.41) is 11.4. The third-order valence-electron chi connectivity index (χ3n) is 10.9. The second-order valence-corrected chi connectivity index (χ2v) is 19.0. The highest BCUT2D eigenvalue weighted by atomic mass is 32.2. The molecule has 1 aliphatic heterocycles. The Bertz CT molecular complexity index is 1380. The van der Waals surface area contributed by atoms with Crippen molar-refractivity contribution in [3.8, 4) is 0 Å². The largest absolute Gasteiger partial charge is 0.347 e. The molecule has 1 spiro atoms. The van der Waals surface area contributed by atoms with Crippen molar-refractivity contribution in [3.05, 3.63) is 0 Å². The van der Waals surface area contributed by atoms with Crippen molar-refractivity contribution < 1.29 is 32.4 Å². The molecule has 14 heteroatoms. The molecular weight excluding hydrogens is 636 g/mol. The molecule has 4 N–H and O–H groups in total. The highest BCUT2D eigenvalue weighted by Gasteiger charge is 2.64. The van der Waals surface area contributed by atoms with Crippen molar-refractivity contribution in [2.45, 2.75) is 130 Å². The van der Waals surface area contributed by atoms with E-state index in [9.17, 15) is 32.4 Å². The van der Waals surface area contributed by atoms with Gasteiger partial charge < -0.3 is 26.2 Å². The molecule has 6 atom stereocenters. The Labute approximate surface area is 286 Å². The number of Topliss-reactive ketones (excluding diaryl/α,β-unsaturated/α-hetero) is 1. The molecule has 0 aromatic rings. The highest BCUT2D eigenvalue weighted by Crippen LogP contribution is 2.66. The summed E-state index contributed by atoms with van der Waals surface area (Å²) in [4.78, 5) is 69.7. The number of nitrogens with zero attached hydrogens (tertiary/aromatic N) is 2. The Morgan fingerprint density at radius 3 is 2.04 bits per heavy atom. The zero-order valence-electron chi connectivity index (χ0n) is 30.3. The summed E-state index contributed by atoms with van der Waals surface area (Å²) in [7, 11) is -2.04. The molecule has 272 valence electrons. The van der Waals surface area contributed by atoms with Crippen LogP contribution < -0.4 is 21.3 Å². The minimum Gasteiger partial charge on any atom is -0.347 e. The quantitative estimate of drug-likeness (QED) is 0.214. The lowest BCUT2D eigenvalue weighted by atomic mass is 9.85. The van der Waals surface area contributed by atoms with Crippen LogP contribution >= 0.6 is 0 Å². The van der Waals surface area contributed by atoms with Gasteiger partial charge in [-0.25, -0.2) is 17.5 Å². The van der Waals surface area contributed by atoms with Crippen molar-refractivity contribution >= 4 is 39.6 Å². The second kappa shape index (κ2) is 13.9. The van der Waals surface area contributed by atoms with E-state index in [0.29, 0.717) is 19.4 Å². The van der Waals surface area contributed by atoms with Gasteiger partial charge in [0.15, 0.2) is 0 Å². The first-order valence-electron chi connectivity index (χ1n) is 17.5. The zero-order valence-corrected chi connectivity index (χ0v) is 31.1. The van der Waals surface area contributed by atoms with Crippen LogP contribution in [-0.2, 0) is 29.2 Å². The van der Waals surface area contributed by atoms with E-state index in [-0.39, 0.29) is 35.7 Å². The number of likely N-dealkylation sites (N-methyl/N-ethyl adjacent to an activating group) is 1. The highest BCUT2D eigenvalue weighted by molar-refractivity contribution is 7.88. The minimum atomic E-state index is -3.50. The van der Waals surface area contributed by atoms with Crippen LogP contribution in [0.1, 0.15) is 99.8 Å². The summed E-state index contributed by atoms with van der Waals surface area (Å²) in [5.74, 6) is -2.12. The van der Waals surface area contributed by atoms with Crippen LogP contribution in [-0.4, -0.2) is 104 Å². The number of nitrogens with one attached hydrogen (secondary N) is 4. The number of fused-ring (bicyclic) bond motifs is 2. The van der Waals surface area contributed by atoms with Crippen LogP contribution in [0.5, 0.6) is 0 Å². The van der Waals surface area contributed by atoms with E-state index in [2.05, 4.69) is 21.3 Å². The SMILES string of the molecule is CCCC(NC(=O)[C@@H]1[C@H]2CCC3(CC3)[C@H]2CN1C(=O)[C@@H](NC(=O)N[C@H](CN(C)S(C)(=O)=O)C(C)(C)C)C(C)(C)C)C(=O)C(=O)NC1CC1. The predicted molar refractivity (Wildman–Crippen MR) is 182 cm³/mol. The first kappa shape index (κ1) is 38.1. The van der Waals surface area contributed by atoms with Crippen molar-refractivity contribution in [2.75, 3.05) is 26.4 Å². The summed E-state index contributed by atoms with van der Waals surface area (Å²) >= 11 is 0. The number of amides is 5. The van der Waals surface area contributed by atoms with Gasteiger partial charge in [0.25, 0.3) is 5.91 Å². The molecule has 1 unspecified atom stereocenters. The maximum absolute atomic E-state index is 14.6. The number of likely N-dealkylation sites (tertiary alicyclic amines) is 1. The number of carbonyl (C=O) groups is 5. The van der Waals surface area contributed by atoms with Gasteiger partial charge in [0, 0.05) is 32.2 Å². The molecule has 5 amide bonds. The van der Waals surface area contributed by atoms with E-state index in [0.717, 1.165) is 44.8 Å². The summed E-state index contributed by atoms with van der Waals surface area (Å²) in [6.45, 7) is 13.5. The molecule has 1 saturated heterocycles. The first-order valence-corrected chi connectivity index (χ1v) is 19.4. The van der Waals surface area contributed by atoms with Gasteiger partial charge in [-0.05, 0) is 73.0 Å². The maximum atomic E-state index is 14.6. The molecule has 0 radical (unpaired) electrons. The van der Waals surface area contributed by atoms with Crippen LogP contribution in [0.4, 0.5) is 4.79 Å². The van der Waals surface area contributed by atoms with Gasteiger partial charge >= 0.3 is 6.03 Å². The molecule has 4 fully saturated rings. The van der Waals surface area contributed by atoms with Crippen molar-refractivity contribution in [1.82, 2.24) is 30.5 Å². The lowest BCUT2D eigenvalue weighted by molar-refractivity contribution is -0.144. The van der Waals surface area contributed by atoms with Crippen molar-refractivity contribution in [3.63, 3.8) is 0 Å². The van der Waals surface area contributed by atoms with E-state index < -0.39 is 68.6 Å². The van der Waals surface area contributed by atoms with Crippen LogP contribution in [0.3, 0.4) is 0 Å². The molecule has 13 nitrogen and oxygen atoms in total. The van der Waals surface area contributed by atoms with Gasteiger partial charge in [0.1, 0.15) is 12.1 Å². The summed E-state index contributed by atoms with van der Waals surface area (Å²) < 4.78 is 25.5. The first-order chi connectivity index (χ1) is 22.1. The summed E-state index contributed by atoms with van der Waals surface area (Å²) in [5.41, 5.74) is -1.13. The summed E-state index contributed by atoms with van der Waals surface area (Å²) in [6.07, 6.45) is 7.56. The van der Waals surface area contributed by atoms with Gasteiger partial charge in [-0.2, -0.15) is 0 Å². The van der Waals surface area contributed by atoms with Crippen LogP contribution in [0.2, 0.25) is 0 Å². The van der Waals surface area contributed by atoms with Crippen LogP contribution in [0, 0.1) is 28.1 Å². The van der Waals surface area contributed by atoms with Crippen LogP contribution in [0.25, 0.3) is 0 Å². The Morgan fingerprint density at radius 1 is 0.917 bits per heavy atom. The molecule has 0 bridgehead atoms. The van der Waals surface area contributed by atoms with Crippen LogP contribution in [0.15, 0.2) is 0 Å². The number of urea groups is 1. The van der Waals surface area contributed by atoms with Crippen molar-refractivity contribution in [2.24, 2.45) is 28.1 Å². The monoisotopic (exact) mass is 694 g/mol. The predicted octanol–water partition coefficient (Wildman–Crippen LogP) is 2.16. The van der Waals surface area contributed by atoms with Gasteiger partial charge in [0.2, 0.25) is 27.6 Å². The van der Waals surface area contributed by atoms with Gasteiger partial charge in [0.05, 0.1) is 12.3 Å². The topological polar surface area (TPSA) is 174 Å². The van der Waals surface area contributed by atoms with E-state index in [1.807, 2.05) is 48.5 Å². The van der Waals surface area contributed by atoms with E-state index in [1.165, 1.54) is 11.4 Å². The van der Waals surface area contributed by atoms with E-state index in [4.69, 9.17) is 0 Å². The standard InChI is InChI=1S/C34H58N6O7S/c1-10-11-23(26(41)29(43)35-20-12-13-20)36-28(42)25-21-14-15-34(16-17-34)22(21)18-40(25)30(44)27(33(5,6)7)38-31(45)37-24(32(2,3)4)19-39(8)48(9,46)47/h20-25,27H,10-19H2,1-9H3,(H,35,43)(H,36,42)(H2,37,38,45)/t21-,22-,23?,24+,25-,27+/m0/s1. The molecule has 1 heterocycles. The molecule has 0 aromatic carbocycles. The van der Waals surface area contributed by atoms with Crippen molar-refractivity contribution in [1.29, 1.82) is 0 Å². The smallest absolute Gasteiger partial charge is 0.315 e. The third-order valence-corrected chi connectivity index (χ3v) is 12.2. The Morgan fingerprint density at radius 2 is 1.54 bits per heavy atom. The lowest BCUT2D eigenvalue weighted by Gasteiger charge is -2.38. The minimum absolute atomic E-state index is 0.00894. The Balaban J connectivity index is 1.56. The number of rotatable bonds is 13. The molecule has 0 aromatic heterocycles. The molecule has 3 saturated carbocycles. The third kappa shape index (κ3) is 8.70. The number of hydrogen-bond acceptors (Lipinski definition) is 7. The molecule has 48 heavy (non-hydrogen) atoms. The van der Waals surface area contributed by atoms with E-state index in [1.54, 1.807) is 4.90 Å². The number of hydrogen-bond donors (Lipinski definition) is 4. The fraction of sp³-hybridized carbons (Fsp3) is 0.853. The average molecular weight is 695 g/mol. The fourth-order valence-electron chi connectivity index (χ4n) is 7.43. The second-order valence-electron chi connectivity index (χ2n) is 16.9. The Kier molecular flexibility index (Phi) is 11.0. The van der Waals surface area contributed by atoms with E-state index >= 15 is 0 Å². The fourth-order valence-corrected chi connectivity index (χ4v) is 7.85. The molecule has 4 aliphatic rings. The zero-order chi connectivity index (χ0) is 36.0. The van der Waals surface area contributed by atoms with Gasteiger partial charge in [-0.1, -0.05) is 54.9 Å². The van der Waals surface area contributed by atoms with Gasteiger partial charge in [-0.3, -0.25) is 19.2 Å². The normalized spacial score (nSPS) is 25.2. The van der Waals surface area contributed by atoms with Gasteiger partial charge in [-0.15, -0.1) is 0 Å². The number of carbonyl (C=O) groups excluding carboxylic acids is 5. The Hall–Kier alpha value is -2.74. The maximum Gasteiger partial charge on any atom is 0.315 e. The molecule has 3 aliphatic carbocycles. The molecular formula is C34H58N6O7S. The number of ketones is 1.